The molecule has 6 aromatic rings. The molecule has 1 aliphatic carbocycles. The molecule has 1 aliphatic heterocycles. The summed E-state index contributed by atoms with van der Waals surface area (Å²) in [5, 5.41) is 3.65. The summed E-state index contributed by atoms with van der Waals surface area (Å²) in [7, 11) is 0. The van der Waals surface area contributed by atoms with E-state index in [2.05, 4.69) is 100 Å². The molecule has 0 fully saturated rings. The lowest BCUT2D eigenvalue weighted by Gasteiger charge is -2.33. The van der Waals surface area contributed by atoms with Crippen molar-refractivity contribution >= 4 is 56.0 Å². The van der Waals surface area contributed by atoms with Crippen LogP contribution < -0.4 is 4.90 Å². The lowest BCUT2D eigenvalue weighted by Crippen LogP contribution is -2.18. The van der Waals surface area contributed by atoms with Crippen LogP contribution in [-0.2, 0) is 6.42 Å². The molecule has 0 unspecified atom stereocenters. The number of fused-ring (bicyclic) bond motifs is 8. The molecule has 0 N–H and O–H groups in total. The minimum atomic E-state index is 0.924. The van der Waals surface area contributed by atoms with Crippen LogP contribution in [0.4, 0.5) is 17.1 Å². The van der Waals surface area contributed by atoms with Crippen molar-refractivity contribution < 1.29 is 4.42 Å². The van der Waals surface area contributed by atoms with Crippen LogP contribution in [0.1, 0.15) is 17.7 Å². The summed E-state index contributed by atoms with van der Waals surface area (Å²) in [6, 6.07) is 30.2. The van der Waals surface area contributed by atoms with Gasteiger partial charge in [0.1, 0.15) is 5.58 Å². The second-order valence-corrected chi connectivity index (χ2v) is 8.89. The number of hydrogen-bond donors (Lipinski definition) is 0. The fraction of sp³-hybridized carbons (Fsp3) is 0.0667. The number of allylic oxidation sites excluding steroid dienone is 1. The molecular formula is C30H20N2O. The number of aromatic nitrogens is 1. The zero-order valence-electron chi connectivity index (χ0n) is 18.0. The third-order valence-corrected chi connectivity index (χ3v) is 7.18. The largest absolute Gasteiger partial charge is 0.454 e. The van der Waals surface area contributed by atoms with Crippen molar-refractivity contribution in [3.8, 4) is 5.69 Å². The lowest BCUT2D eigenvalue weighted by molar-refractivity contribution is 0.669. The first-order valence-electron chi connectivity index (χ1n) is 11.5. The highest BCUT2D eigenvalue weighted by Gasteiger charge is 2.31. The lowest BCUT2D eigenvalue weighted by atomic mass is 10.0. The van der Waals surface area contributed by atoms with Gasteiger partial charge in [-0.3, -0.25) is 0 Å². The van der Waals surface area contributed by atoms with Gasteiger partial charge in [0.25, 0.3) is 0 Å². The quantitative estimate of drug-likeness (QED) is 0.264. The van der Waals surface area contributed by atoms with Crippen LogP contribution in [0.5, 0.6) is 0 Å². The minimum absolute atomic E-state index is 0.924. The molecule has 3 heterocycles. The Kier molecular flexibility index (Phi) is 3.24. The Bertz CT molecular complexity index is 1780. The fourth-order valence-electron chi connectivity index (χ4n) is 5.83. The van der Waals surface area contributed by atoms with Crippen molar-refractivity contribution in [3.05, 3.63) is 102 Å². The van der Waals surface area contributed by atoms with Gasteiger partial charge in [0.15, 0.2) is 5.58 Å². The van der Waals surface area contributed by atoms with Crippen molar-refractivity contribution in [1.29, 1.82) is 0 Å². The van der Waals surface area contributed by atoms with E-state index in [9.17, 15) is 0 Å². The molecule has 0 saturated carbocycles. The van der Waals surface area contributed by atoms with Gasteiger partial charge in [-0.1, -0.05) is 60.7 Å². The number of anilines is 3. The Morgan fingerprint density at radius 2 is 1.36 bits per heavy atom. The van der Waals surface area contributed by atoms with Crippen LogP contribution in [0.25, 0.3) is 44.6 Å². The van der Waals surface area contributed by atoms with Crippen LogP contribution in [0.3, 0.4) is 0 Å². The summed E-state index contributed by atoms with van der Waals surface area (Å²) < 4.78 is 8.92. The van der Waals surface area contributed by atoms with Gasteiger partial charge in [0.2, 0.25) is 0 Å². The maximum atomic E-state index is 6.46. The van der Waals surface area contributed by atoms with Gasteiger partial charge < -0.3 is 13.9 Å². The maximum absolute atomic E-state index is 6.46. The van der Waals surface area contributed by atoms with Gasteiger partial charge in [-0.15, -0.1) is 0 Å². The van der Waals surface area contributed by atoms with Gasteiger partial charge in [-0.2, -0.15) is 0 Å². The molecule has 8 rings (SSSR count). The van der Waals surface area contributed by atoms with E-state index in [1.165, 1.54) is 39.2 Å². The zero-order chi connectivity index (χ0) is 21.5. The Hall–Kier alpha value is -4.24. The fourth-order valence-corrected chi connectivity index (χ4v) is 5.83. The van der Waals surface area contributed by atoms with Crippen LogP contribution >= 0.6 is 0 Å². The third kappa shape index (κ3) is 2.14. The predicted molar refractivity (Wildman–Crippen MR) is 136 cm³/mol. The first-order valence-corrected chi connectivity index (χ1v) is 11.5. The van der Waals surface area contributed by atoms with Gasteiger partial charge in [-0.05, 0) is 54.8 Å². The smallest absolute Gasteiger partial charge is 0.159 e. The monoisotopic (exact) mass is 424 g/mol. The number of aryl methyl sites for hydroxylation is 1. The Morgan fingerprint density at radius 1 is 0.636 bits per heavy atom. The van der Waals surface area contributed by atoms with E-state index in [1.807, 2.05) is 6.07 Å². The number of hydrogen-bond acceptors (Lipinski definition) is 2. The second-order valence-electron chi connectivity index (χ2n) is 8.89. The summed E-state index contributed by atoms with van der Waals surface area (Å²) in [5.74, 6) is 0. The number of nitrogens with zero attached hydrogens (tertiary/aromatic N) is 2. The van der Waals surface area contributed by atoms with E-state index in [0.29, 0.717) is 0 Å². The zero-order valence-corrected chi connectivity index (χ0v) is 18.0. The number of furan rings is 1. The standard InChI is InChI=1S/C30H20N2O/c1-3-13-23-19(9-1)21-11-7-16-26-29(21)32(23)25-15-5-4-14-24(25)31(26)27-17-8-12-22-20-10-2-6-18-28(20)33-30(22)27/h2-8,10-18H,1,9H2. The molecule has 4 aromatic carbocycles. The highest BCUT2D eigenvalue weighted by Crippen LogP contribution is 2.51. The van der Waals surface area contributed by atoms with Crippen molar-refractivity contribution in [1.82, 2.24) is 4.57 Å². The average molecular weight is 425 g/mol. The number of rotatable bonds is 1. The molecule has 2 aromatic heterocycles. The molecule has 33 heavy (non-hydrogen) atoms. The molecule has 0 amide bonds. The van der Waals surface area contributed by atoms with Crippen molar-refractivity contribution in [2.24, 2.45) is 0 Å². The summed E-state index contributed by atoms with van der Waals surface area (Å²) in [6.07, 6.45) is 6.78. The van der Waals surface area contributed by atoms with Crippen LogP contribution in [-0.4, -0.2) is 4.57 Å². The minimum Gasteiger partial charge on any atom is -0.454 e. The predicted octanol–water partition coefficient (Wildman–Crippen LogP) is 8.27. The Balaban J connectivity index is 1.53. The Morgan fingerprint density at radius 3 is 2.30 bits per heavy atom. The van der Waals surface area contributed by atoms with Crippen LogP contribution in [0, 0.1) is 0 Å². The topological polar surface area (TPSA) is 21.3 Å². The molecule has 3 nitrogen and oxygen atoms in total. The summed E-state index contributed by atoms with van der Waals surface area (Å²) in [4.78, 5) is 2.39. The molecular weight excluding hydrogens is 404 g/mol. The summed E-state index contributed by atoms with van der Waals surface area (Å²) in [5.41, 5.74) is 10.5. The van der Waals surface area contributed by atoms with Crippen LogP contribution in [0.2, 0.25) is 0 Å². The van der Waals surface area contributed by atoms with E-state index in [0.717, 1.165) is 40.5 Å². The summed E-state index contributed by atoms with van der Waals surface area (Å²) >= 11 is 0. The second kappa shape index (κ2) is 6.17. The molecule has 2 aliphatic rings. The van der Waals surface area contributed by atoms with Gasteiger partial charge >= 0.3 is 0 Å². The summed E-state index contributed by atoms with van der Waals surface area (Å²) in [6.45, 7) is 0. The van der Waals surface area contributed by atoms with E-state index >= 15 is 0 Å². The molecule has 156 valence electrons. The van der Waals surface area contributed by atoms with Crippen molar-refractivity contribution in [2.75, 3.05) is 4.90 Å². The third-order valence-electron chi connectivity index (χ3n) is 7.18. The van der Waals surface area contributed by atoms with E-state index in [4.69, 9.17) is 4.42 Å². The molecule has 0 radical (unpaired) electrons. The van der Waals surface area contributed by atoms with E-state index < -0.39 is 0 Å². The van der Waals surface area contributed by atoms with Crippen molar-refractivity contribution in [3.63, 3.8) is 0 Å². The highest BCUT2D eigenvalue weighted by atomic mass is 16.3. The van der Waals surface area contributed by atoms with E-state index in [1.54, 1.807) is 0 Å². The van der Waals surface area contributed by atoms with Gasteiger partial charge in [0.05, 0.1) is 28.3 Å². The first kappa shape index (κ1) is 17.3. The molecule has 0 bridgehead atoms. The number of benzene rings is 4. The molecule has 0 spiro atoms. The SMILES string of the molecule is C1=Cc2c(c3cccc4c3n2-c2ccccc2N4c2cccc3c2oc2ccccc23)CC1. The first-order chi connectivity index (χ1) is 16.4. The highest BCUT2D eigenvalue weighted by molar-refractivity contribution is 6.13. The maximum Gasteiger partial charge on any atom is 0.159 e. The van der Waals surface area contributed by atoms with Gasteiger partial charge in [-0.25, -0.2) is 0 Å². The average Bonchev–Trinajstić information content (AvgIpc) is 3.42. The van der Waals surface area contributed by atoms with Gasteiger partial charge in [0, 0.05) is 21.9 Å². The molecule has 3 heteroatoms. The molecule has 0 saturated heterocycles. The van der Waals surface area contributed by atoms with Crippen molar-refractivity contribution in [2.45, 2.75) is 12.8 Å². The molecule has 0 atom stereocenters. The number of para-hydroxylation sites is 5. The normalized spacial score (nSPS) is 14.2. The van der Waals surface area contributed by atoms with E-state index in [-0.39, 0.29) is 0 Å². The van der Waals surface area contributed by atoms with Crippen LogP contribution in [0.15, 0.2) is 95.4 Å². The Labute approximate surface area is 190 Å².